The molecule has 2 heterocycles. The number of hydrogen-bond donors (Lipinski definition) is 1. The molecule has 1 aliphatic rings. The Balaban J connectivity index is 1.45. The number of ether oxygens (including phenoxy) is 2. The summed E-state index contributed by atoms with van der Waals surface area (Å²) in [6.45, 7) is 3.60. The number of hydrogen-bond acceptors (Lipinski definition) is 4. The number of fused-ring (bicyclic) bond motifs is 1. The van der Waals surface area contributed by atoms with Gasteiger partial charge < -0.3 is 14.5 Å². The number of esters is 1. The molecule has 4 rings (SSSR count). The second-order valence-corrected chi connectivity index (χ2v) is 8.02. The van der Waals surface area contributed by atoms with Crippen LogP contribution in [0.3, 0.4) is 0 Å². The summed E-state index contributed by atoms with van der Waals surface area (Å²) < 4.78 is 10.3. The molecule has 162 valence electrons. The summed E-state index contributed by atoms with van der Waals surface area (Å²) in [5.74, 6) is -0.341. The average molecular weight is 419 g/mol. The number of carbonyl (C=O) groups excluding carboxylic acids is 1. The maximum atomic E-state index is 11.3. The van der Waals surface area contributed by atoms with Crippen LogP contribution < -0.4 is 0 Å². The Morgan fingerprint density at radius 1 is 1.16 bits per heavy atom. The Bertz CT molecular complexity index is 1020. The second kappa shape index (κ2) is 10.4. The van der Waals surface area contributed by atoms with Crippen LogP contribution in [0.1, 0.15) is 29.5 Å². The van der Waals surface area contributed by atoms with Crippen molar-refractivity contribution in [2.45, 2.75) is 31.8 Å². The highest BCUT2D eigenvalue weighted by atomic mass is 16.5. The molecule has 31 heavy (non-hydrogen) atoms. The van der Waals surface area contributed by atoms with Crippen molar-refractivity contribution in [2.24, 2.45) is 0 Å². The van der Waals surface area contributed by atoms with E-state index >= 15 is 0 Å². The lowest BCUT2D eigenvalue weighted by Crippen LogP contribution is -2.40. The molecular weight excluding hydrogens is 388 g/mol. The lowest BCUT2D eigenvalue weighted by molar-refractivity contribution is -0.134. The first-order chi connectivity index (χ1) is 15.2. The van der Waals surface area contributed by atoms with Crippen LogP contribution >= 0.6 is 0 Å². The van der Waals surface area contributed by atoms with Gasteiger partial charge in [0.05, 0.1) is 7.11 Å². The van der Waals surface area contributed by atoms with Gasteiger partial charge in [-0.15, -0.1) is 0 Å². The van der Waals surface area contributed by atoms with Crippen molar-refractivity contribution < 1.29 is 14.3 Å². The van der Waals surface area contributed by atoms with Crippen LogP contribution in [0.5, 0.6) is 0 Å². The normalized spacial score (nSPS) is 15.2. The molecule has 1 fully saturated rings. The highest BCUT2D eigenvalue weighted by molar-refractivity contribution is 5.86. The molecule has 1 aromatic heterocycles. The number of aromatic amines is 1. The molecule has 1 N–H and O–H groups in total. The second-order valence-electron chi connectivity index (χ2n) is 8.02. The van der Waals surface area contributed by atoms with E-state index in [4.69, 9.17) is 4.74 Å². The largest absolute Gasteiger partial charge is 0.466 e. The number of methoxy groups -OCH3 is 1. The monoisotopic (exact) mass is 418 g/mol. The Morgan fingerprint density at radius 3 is 2.71 bits per heavy atom. The molecule has 5 nitrogen and oxygen atoms in total. The molecule has 0 atom stereocenters. The van der Waals surface area contributed by atoms with E-state index in [9.17, 15) is 4.79 Å². The third-order valence-electron chi connectivity index (χ3n) is 6.03. The third kappa shape index (κ3) is 5.63. The number of aromatic nitrogens is 1. The molecule has 0 amide bonds. The number of H-pyrrole nitrogens is 1. The van der Waals surface area contributed by atoms with E-state index in [0.717, 1.165) is 51.1 Å². The molecule has 0 bridgehead atoms. The van der Waals surface area contributed by atoms with Crippen molar-refractivity contribution in [2.75, 3.05) is 26.9 Å². The number of benzene rings is 2. The lowest BCUT2D eigenvalue weighted by atomic mass is 10.0. The summed E-state index contributed by atoms with van der Waals surface area (Å²) in [6.07, 6.45) is 8.55. The fourth-order valence-corrected chi connectivity index (χ4v) is 4.24. The van der Waals surface area contributed by atoms with Crippen LogP contribution in [-0.2, 0) is 27.2 Å². The van der Waals surface area contributed by atoms with E-state index in [1.807, 2.05) is 0 Å². The molecule has 0 aliphatic carbocycles. The maximum Gasteiger partial charge on any atom is 0.330 e. The zero-order valence-electron chi connectivity index (χ0n) is 18.0. The summed E-state index contributed by atoms with van der Waals surface area (Å²) >= 11 is 0. The van der Waals surface area contributed by atoms with Gasteiger partial charge >= 0.3 is 5.97 Å². The molecule has 0 unspecified atom stereocenters. The van der Waals surface area contributed by atoms with E-state index in [1.54, 1.807) is 6.08 Å². The molecule has 0 spiro atoms. The topological polar surface area (TPSA) is 54.6 Å². The number of para-hydroxylation sites is 1. The minimum atomic E-state index is -0.341. The van der Waals surface area contributed by atoms with Gasteiger partial charge in [0, 0.05) is 55.5 Å². The van der Waals surface area contributed by atoms with E-state index in [2.05, 4.69) is 69.3 Å². The molecule has 2 aromatic carbocycles. The zero-order chi connectivity index (χ0) is 21.5. The first-order valence-corrected chi connectivity index (χ1v) is 10.9. The minimum absolute atomic E-state index is 0.341. The summed E-state index contributed by atoms with van der Waals surface area (Å²) in [6, 6.07) is 17.4. The van der Waals surface area contributed by atoms with Crippen molar-refractivity contribution >= 4 is 22.9 Å². The third-order valence-corrected chi connectivity index (χ3v) is 6.03. The fraction of sp³-hybridized carbons (Fsp3) is 0.346. The lowest BCUT2D eigenvalue weighted by Gasteiger charge is -2.34. The summed E-state index contributed by atoms with van der Waals surface area (Å²) in [7, 11) is 1.39. The van der Waals surface area contributed by atoms with E-state index in [-0.39, 0.29) is 5.97 Å². The molecule has 1 saturated heterocycles. The highest BCUT2D eigenvalue weighted by Crippen LogP contribution is 2.22. The first-order valence-electron chi connectivity index (χ1n) is 10.9. The Hall–Kier alpha value is -2.89. The van der Waals surface area contributed by atoms with Crippen molar-refractivity contribution in [1.29, 1.82) is 0 Å². The van der Waals surface area contributed by atoms with Gasteiger partial charge in [0.25, 0.3) is 0 Å². The van der Waals surface area contributed by atoms with Crippen molar-refractivity contribution in [1.82, 2.24) is 9.88 Å². The van der Waals surface area contributed by atoms with Crippen LogP contribution in [0, 0.1) is 0 Å². The van der Waals surface area contributed by atoms with Gasteiger partial charge in [-0.1, -0.05) is 42.5 Å². The van der Waals surface area contributed by atoms with Crippen LogP contribution in [0.4, 0.5) is 0 Å². The molecule has 0 saturated carbocycles. The van der Waals surface area contributed by atoms with Gasteiger partial charge in [-0.25, -0.2) is 4.79 Å². The predicted molar refractivity (Wildman–Crippen MR) is 124 cm³/mol. The fourth-order valence-electron chi connectivity index (χ4n) is 4.24. The van der Waals surface area contributed by atoms with Crippen LogP contribution in [0.2, 0.25) is 0 Å². The maximum absolute atomic E-state index is 11.3. The van der Waals surface area contributed by atoms with Gasteiger partial charge in [-0.2, -0.15) is 0 Å². The summed E-state index contributed by atoms with van der Waals surface area (Å²) in [5, 5.41) is 1.32. The summed E-state index contributed by atoms with van der Waals surface area (Å²) in [4.78, 5) is 17.3. The SMILES string of the molecule is COC(=O)/C=C/c1ccc(CN(CCc2c[nH]c3ccccc23)C2CCOCC2)cc1. The number of rotatable bonds is 8. The van der Waals surface area contributed by atoms with Crippen LogP contribution in [0.15, 0.2) is 60.8 Å². The van der Waals surface area contributed by atoms with E-state index in [0.29, 0.717) is 6.04 Å². The number of nitrogens with one attached hydrogen (secondary N) is 1. The molecule has 0 radical (unpaired) electrons. The van der Waals surface area contributed by atoms with Crippen molar-refractivity contribution in [3.63, 3.8) is 0 Å². The van der Waals surface area contributed by atoms with Crippen molar-refractivity contribution in [3.8, 4) is 0 Å². The van der Waals surface area contributed by atoms with Crippen LogP contribution in [-0.4, -0.2) is 48.8 Å². The number of carbonyl (C=O) groups is 1. The molecule has 1 aliphatic heterocycles. The van der Waals surface area contributed by atoms with Gasteiger partial charge in [0.2, 0.25) is 0 Å². The Morgan fingerprint density at radius 2 is 1.94 bits per heavy atom. The van der Waals surface area contributed by atoms with Crippen molar-refractivity contribution in [3.05, 3.63) is 77.5 Å². The smallest absolute Gasteiger partial charge is 0.330 e. The Labute approximate surface area is 183 Å². The minimum Gasteiger partial charge on any atom is -0.466 e. The average Bonchev–Trinajstić information content (AvgIpc) is 3.24. The van der Waals surface area contributed by atoms with Gasteiger partial charge in [0.15, 0.2) is 0 Å². The molecule has 5 heteroatoms. The Kier molecular flexibility index (Phi) is 7.18. The van der Waals surface area contributed by atoms with Gasteiger partial charge in [-0.3, -0.25) is 4.90 Å². The standard InChI is InChI=1S/C26H30N2O3/c1-30-26(29)11-10-20-6-8-21(9-7-20)19-28(23-13-16-31-17-14-23)15-12-22-18-27-25-5-3-2-4-24(22)25/h2-11,18,23,27H,12-17,19H2,1H3/b11-10+. The number of nitrogens with zero attached hydrogens (tertiary/aromatic N) is 1. The van der Waals surface area contributed by atoms with E-state index in [1.165, 1.54) is 35.2 Å². The highest BCUT2D eigenvalue weighted by Gasteiger charge is 2.22. The molecule has 3 aromatic rings. The van der Waals surface area contributed by atoms with E-state index < -0.39 is 0 Å². The molecular formula is C26H30N2O3. The predicted octanol–water partition coefficient (Wildman–Crippen LogP) is 4.58. The summed E-state index contributed by atoms with van der Waals surface area (Å²) in [5.41, 5.74) is 4.84. The quantitative estimate of drug-likeness (QED) is 0.430. The van der Waals surface area contributed by atoms with Gasteiger partial charge in [0.1, 0.15) is 0 Å². The van der Waals surface area contributed by atoms with Crippen LogP contribution in [0.25, 0.3) is 17.0 Å². The first kappa shape index (κ1) is 21.3. The zero-order valence-corrected chi connectivity index (χ0v) is 18.0. The van der Waals surface area contributed by atoms with Gasteiger partial charge in [-0.05, 0) is 48.1 Å².